The highest BCUT2D eigenvalue weighted by Crippen LogP contribution is 2.04. The molecular weight excluding hydrogens is 340 g/mol. The lowest BCUT2D eigenvalue weighted by Crippen LogP contribution is -2.29. The van der Waals surface area contributed by atoms with E-state index in [-0.39, 0.29) is 24.4 Å². The normalized spacial score (nSPS) is 10.9. The number of aromatic amines is 1. The van der Waals surface area contributed by atoms with Gasteiger partial charge in [-0.25, -0.2) is 4.98 Å². The van der Waals surface area contributed by atoms with E-state index >= 15 is 0 Å². The predicted molar refractivity (Wildman–Crippen MR) is 95.7 cm³/mol. The molecular formula is C16H18N6O2S. The van der Waals surface area contributed by atoms with Gasteiger partial charge < -0.3 is 9.88 Å². The van der Waals surface area contributed by atoms with Crippen LogP contribution in [0.1, 0.15) is 12.2 Å². The van der Waals surface area contributed by atoms with Crippen molar-refractivity contribution in [3.8, 4) is 0 Å². The lowest BCUT2D eigenvalue weighted by molar-refractivity contribution is -0.121. The number of H-pyrrole nitrogens is 1. The average molecular weight is 358 g/mol. The molecule has 8 nitrogen and oxygen atoms in total. The molecule has 0 unspecified atom stereocenters. The first-order valence-corrected chi connectivity index (χ1v) is 8.28. The molecule has 0 fully saturated rings. The van der Waals surface area contributed by atoms with Gasteiger partial charge in [0.2, 0.25) is 5.91 Å². The van der Waals surface area contributed by atoms with Gasteiger partial charge in [-0.1, -0.05) is 12.1 Å². The molecule has 130 valence electrons. The summed E-state index contributed by atoms with van der Waals surface area (Å²) in [6, 6.07) is 7.15. The van der Waals surface area contributed by atoms with E-state index < -0.39 is 0 Å². The Labute approximate surface area is 148 Å². The standard InChI is InChI=1S/C16H18N6O2S/c1-21-13(19-20-16(21)25)6-8-17-14(23)7-9-22-10-18-12-5-3-2-4-11(12)15(22)24/h2-5,10H,6-9H2,1H3,(H,17,23)(H,20,25). The van der Waals surface area contributed by atoms with Crippen LogP contribution in [0.15, 0.2) is 35.4 Å². The molecule has 0 aliphatic rings. The third-order valence-electron chi connectivity index (χ3n) is 3.95. The Morgan fingerprint density at radius 2 is 2.16 bits per heavy atom. The number of aryl methyl sites for hydroxylation is 1. The van der Waals surface area contributed by atoms with Crippen molar-refractivity contribution in [2.75, 3.05) is 6.54 Å². The molecule has 0 saturated carbocycles. The van der Waals surface area contributed by atoms with Crippen LogP contribution in [-0.2, 0) is 24.8 Å². The summed E-state index contributed by atoms with van der Waals surface area (Å²) >= 11 is 5.04. The zero-order chi connectivity index (χ0) is 17.8. The smallest absolute Gasteiger partial charge is 0.261 e. The SMILES string of the molecule is Cn1c(CCNC(=O)CCn2cnc3ccccc3c2=O)n[nH]c1=S. The van der Waals surface area contributed by atoms with Crippen molar-refractivity contribution in [2.45, 2.75) is 19.4 Å². The number of hydrogen-bond acceptors (Lipinski definition) is 5. The Morgan fingerprint density at radius 3 is 2.92 bits per heavy atom. The van der Waals surface area contributed by atoms with Gasteiger partial charge in [0.15, 0.2) is 4.77 Å². The van der Waals surface area contributed by atoms with Crippen molar-refractivity contribution in [3.63, 3.8) is 0 Å². The summed E-state index contributed by atoms with van der Waals surface area (Å²) in [5.74, 6) is 0.650. The number of rotatable bonds is 6. The van der Waals surface area contributed by atoms with Gasteiger partial charge >= 0.3 is 0 Å². The first-order valence-electron chi connectivity index (χ1n) is 7.87. The molecule has 0 radical (unpaired) electrons. The van der Waals surface area contributed by atoms with Gasteiger partial charge in [0.05, 0.1) is 17.2 Å². The van der Waals surface area contributed by atoms with E-state index in [9.17, 15) is 9.59 Å². The zero-order valence-electron chi connectivity index (χ0n) is 13.7. The Bertz CT molecular complexity index is 1020. The van der Waals surface area contributed by atoms with Gasteiger partial charge in [-0.05, 0) is 24.4 Å². The van der Waals surface area contributed by atoms with Crippen molar-refractivity contribution in [2.24, 2.45) is 7.05 Å². The molecule has 0 saturated heterocycles. The predicted octanol–water partition coefficient (Wildman–Crippen LogP) is 0.937. The first kappa shape index (κ1) is 17.0. The molecule has 0 aliphatic carbocycles. The average Bonchev–Trinajstić information content (AvgIpc) is 2.93. The Morgan fingerprint density at radius 1 is 1.36 bits per heavy atom. The molecule has 1 amide bonds. The minimum absolute atomic E-state index is 0.128. The van der Waals surface area contributed by atoms with Crippen molar-refractivity contribution in [3.05, 3.63) is 51.5 Å². The van der Waals surface area contributed by atoms with Crippen LogP contribution in [0.3, 0.4) is 0 Å². The Hall–Kier alpha value is -2.81. The molecule has 3 aromatic rings. The van der Waals surface area contributed by atoms with Gasteiger partial charge in [-0.15, -0.1) is 0 Å². The summed E-state index contributed by atoms with van der Waals surface area (Å²) in [5.41, 5.74) is 0.515. The fourth-order valence-electron chi connectivity index (χ4n) is 2.49. The minimum atomic E-state index is -0.139. The topological polar surface area (TPSA) is 97.6 Å². The van der Waals surface area contributed by atoms with Crippen LogP contribution in [0.2, 0.25) is 0 Å². The number of hydrogen-bond donors (Lipinski definition) is 2. The van der Waals surface area contributed by atoms with Gasteiger partial charge in [-0.3, -0.25) is 19.3 Å². The third kappa shape index (κ3) is 3.82. The van der Waals surface area contributed by atoms with Crippen LogP contribution in [0.25, 0.3) is 10.9 Å². The summed E-state index contributed by atoms with van der Waals surface area (Å²) < 4.78 is 3.77. The van der Waals surface area contributed by atoms with Crippen LogP contribution in [-0.4, -0.2) is 36.8 Å². The fourth-order valence-corrected chi connectivity index (χ4v) is 2.64. The maximum atomic E-state index is 12.3. The van der Waals surface area contributed by atoms with E-state index in [0.29, 0.717) is 28.6 Å². The van der Waals surface area contributed by atoms with Crippen molar-refractivity contribution in [1.82, 2.24) is 29.6 Å². The molecule has 0 spiro atoms. The molecule has 2 N–H and O–H groups in total. The van der Waals surface area contributed by atoms with Crippen molar-refractivity contribution in [1.29, 1.82) is 0 Å². The number of nitrogens with one attached hydrogen (secondary N) is 2. The van der Waals surface area contributed by atoms with Gasteiger partial charge in [0.1, 0.15) is 5.82 Å². The Kier molecular flexibility index (Phi) is 5.03. The number of nitrogens with zero attached hydrogens (tertiary/aromatic N) is 4. The first-order chi connectivity index (χ1) is 12.1. The van der Waals surface area contributed by atoms with Gasteiger partial charge in [-0.2, -0.15) is 5.10 Å². The van der Waals surface area contributed by atoms with Crippen LogP contribution in [0.4, 0.5) is 0 Å². The summed E-state index contributed by atoms with van der Waals surface area (Å²) in [6.07, 6.45) is 2.26. The molecule has 25 heavy (non-hydrogen) atoms. The second-order valence-electron chi connectivity index (χ2n) is 5.61. The maximum Gasteiger partial charge on any atom is 0.261 e. The molecule has 0 aliphatic heterocycles. The maximum absolute atomic E-state index is 12.3. The fraction of sp³-hybridized carbons (Fsp3) is 0.312. The Balaban J connectivity index is 1.54. The molecule has 2 aromatic heterocycles. The van der Waals surface area contributed by atoms with E-state index in [1.165, 1.54) is 10.9 Å². The summed E-state index contributed by atoms with van der Waals surface area (Å²) in [4.78, 5) is 28.6. The highest BCUT2D eigenvalue weighted by atomic mass is 32.1. The van der Waals surface area contributed by atoms with Crippen molar-refractivity contribution < 1.29 is 4.79 Å². The summed E-state index contributed by atoms with van der Waals surface area (Å²) in [6.45, 7) is 0.742. The highest BCUT2D eigenvalue weighted by molar-refractivity contribution is 7.71. The summed E-state index contributed by atoms with van der Waals surface area (Å²) in [5, 5.41) is 10.2. The summed E-state index contributed by atoms with van der Waals surface area (Å²) in [7, 11) is 1.82. The largest absolute Gasteiger partial charge is 0.356 e. The monoisotopic (exact) mass is 358 g/mol. The van der Waals surface area contributed by atoms with Crippen LogP contribution >= 0.6 is 12.2 Å². The van der Waals surface area contributed by atoms with E-state index in [0.717, 1.165) is 5.82 Å². The zero-order valence-corrected chi connectivity index (χ0v) is 14.5. The molecule has 1 aromatic carbocycles. The second-order valence-corrected chi connectivity index (χ2v) is 6.00. The molecule has 9 heteroatoms. The van der Waals surface area contributed by atoms with E-state index in [1.54, 1.807) is 22.8 Å². The van der Waals surface area contributed by atoms with Crippen molar-refractivity contribution >= 4 is 29.0 Å². The number of benzene rings is 1. The number of carbonyl (C=O) groups excluding carboxylic acids is 1. The van der Waals surface area contributed by atoms with Crippen LogP contribution in [0, 0.1) is 4.77 Å². The molecule has 2 heterocycles. The molecule has 0 atom stereocenters. The quantitative estimate of drug-likeness (QED) is 0.639. The lowest BCUT2D eigenvalue weighted by atomic mass is 10.2. The molecule has 3 rings (SSSR count). The number of fused-ring (bicyclic) bond motifs is 1. The van der Waals surface area contributed by atoms with Crippen LogP contribution in [0.5, 0.6) is 0 Å². The highest BCUT2D eigenvalue weighted by Gasteiger charge is 2.07. The number of carbonyl (C=O) groups is 1. The van der Waals surface area contributed by atoms with Crippen LogP contribution < -0.4 is 10.9 Å². The third-order valence-corrected chi connectivity index (χ3v) is 4.32. The number of aromatic nitrogens is 5. The van der Waals surface area contributed by atoms with Gasteiger partial charge in [0.25, 0.3) is 5.56 Å². The van der Waals surface area contributed by atoms with E-state index in [4.69, 9.17) is 12.2 Å². The number of amides is 1. The van der Waals surface area contributed by atoms with E-state index in [1.807, 2.05) is 13.1 Å². The van der Waals surface area contributed by atoms with Gasteiger partial charge in [0, 0.05) is 33.0 Å². The number of para-hydroxylation sites is 1. The second kappa shape index (κ2) is 7.39. The minimum Gasteiger partial charge on any atom is -0.356 e. The lowest BCUT2D eigenvalue weighted by Gasteiger charge is -2.07. The molecule has 0 bridgehead atoms. The van der Waals surface area contributed by atoms with E-state index in [2.05, 4.69) is 20.5 Å².